The van der Waals surface area contributed by atoms with Gasteiger partial charge in [-0.15, -0.1) is 0 Å². The number of halogens is 1. The number of hydrogen-bond donors (Lipinski definition) is 1. The van der Waals surface area contributed by atoms with E-state index in [0.29, 0.717) is 19.4 Å². The molecule has 4 nitrogen and oxygen atoms in total. The summed E-state index contributed by atoms with van der Waals surface area (Å²) in [5.74, 6) is -0.243. The summed E-state index contributed by atoms with van der Waals surface area (Å²) in [5, 5.41) is 0. The van der Waals surface area contributed by atoms with Crippen molar-refractivity contribution in [2.75, 3.05) is 19.0 Å². The van der Waals surface area contributed by atoms with Crippen LogP contribution in [-0.2, 0) is 14.9 Å². The van der Waals surface area contributed by atoms with Gasteiger partial charge in [-0.05, 0) is 26.2 Å². The average molecular weight is 312 g/mol. The lowest BCUT2D eigenvalue weighted by Crippen LogP contribution is -2.15. The maximum atomic E-state index is 11.8. The molecule has 0 aromatic rings. The Hall–Kier alpha value is -0.200. The summed E-state index contributed by atoms with van der Waals surface area (Å²) >= 11 is 0. The Kier molecular flexibility index (Phi) is 12.4. The van der Waals surface area contributed by atoms with Gasteiger partial charge in [-0.3, -0.25) is 8.94 Å². The van der Waals surface area contributed by atoms with Gasteiger partial charge in [0, 0.05) is 6.61 Å². The predicted molar refractivity (Wildman–Crippen MR) is 79.4 cm³/mol. The van der Waals surface area contributed by atoms with E-state index < -0.39 is 10.1 Å². The lowest BCUT2D eigenvalue weighted by molar-refractivity contribution is 0.0610. The summed E-state index contributed by atoms with van der Waals surface area (Å²) in [5.41, 5.74) is 0. The van der Waals surface area contributed by atoms with Crippen LogP contribution in [0.3, 0.4) is 0 Å². The largest absolute Gasteiger partial charge is 0.378 e. The van der Waals surface area contributed by atoms with Gasteiger partial charge in [0.1, 0.15) is 0 Å². The second-order valence-electron chi connectivity index (χ2n) is 5.27. The van der Waals surface area contributed by atoms with Crippen LogP contribution in [-0.4, -0.2) is 38.1 Å². The number of alkyl halides is 1. The van der Waals surface area contributed by atoms with Crippen molar-refractivity contribution in [3.63, 3.8) is 0 Å². The molecule has 0 fully saturated rings. The Balaban J connectivity index is 3.23. The number of hydrogen-bond acceptors (Lipinski definition) is 3. The van der Waals surface area contributed by atoms with Crippen LogP contribution < -0.4 is 0 Å². The first-order valence-corrected chi connectivity index (χ1v) is 9.19. The van der Waals surface area contributed by atoms with Gasteiger partial charge < -0.3 is 4.74 Å². The standard InChI is InChI=1S/C14H29FO4S/c1-14(10-13-20(16,17)18)19-12-9-7-5-3-2-4-6-8-11-15/h14H,2-13H2,1H3,(H,16,17,18). The molecule has 6 heteroatoms. The molecule has 122 valence electrons. The van der Waals surface area contributed by atoms with E-state index in [0.717, 1.165) is 25.7 Å². The van der Waals surface area contributed by atoms with Crippen LogP contribution in [0, 0.1) is 0 Å². The maximum Gasteiger partial charge on any atom is 0.264 e. The van der Waals surface area contributed by atoms with Crippen molar-refractivity contribution in [1.82, 2.24) is 0 Å². The quantitative estimate of drug-likeness (QED) is 0.392. The highest BCUT2D eigenvalue weighted by Gasteiger charge is 2.09. The van der Waals surface area contributed by atoms with Gasteiger partial charge in [-0.25, -0.2) is 0 Å². The number of unbranched alkanes of at least 4 members (excludes halogenated alkanes) is 7. The molecule has 1 unspecified atom stereocenters. The molecule has 0 rings (SSSR count). The van der Waals surface area contributed by atoms with Crippen LogP contribution in [0.1, 0.15) is 64.7 Å². The molecule has 0 bridgehead atoms. The molecule has 1 atom stereocenters. The Bertz CT molecular complexity index is 306. The fourth-order valence-corrected chi connectivity index (χ4v) is 2.57. The van der Waals surface area contributed by atoms with E-state index in [1.807, 2.05) is 6.92 Å². The lowest BCUT2D eigenvalue weighted by Gasteiger charge is -2.11. The van der Waals surface area contributed by atoms with Gasteiger partial charge in [0.25, 0.3) is 10.1 Å². The monoisotopic (exact) mass is 312 g/mol. The summed E-state index contributed by atoms with van der Waals surface area (Å²) in [6.45, 7) is 2.25. The van der Waals surface area contributed by atoms with Crippen molar-refractivity contribution in [3.8, 4) is 0 Å². The van der Waals surface area contributed by atoms with Gasteiger partial charge in [0.05, 0.1) is 18.5 Å². The Morgan fingerprint density at radius 2 is 1.50 bits per heavy atom. The molecule has 0 aliphatic heterocycles. The lowest BCUT2D eigenvalue weighted by atomic mass is 10.1. The highest BCUT2D eigenvalue weighted by Crippen LogP contribution is 2.09. The predicted octanol–water partition coefficient (Wildman–Crippen LogP) is 3.76. The van der Waals surface area contributed by atoms with E-state index in [4.69, 9.17) is 9.29 Å². The highest BCUT2D eigenvalue weighted by atomic mass is 32.2. The van der Waals surface area contributed by atoms with E-state index in [2.05, 4.69) is 0 Å². The molecule has 20 heavy (non-hydrogen) atoms. The molecule has 0 amide bonds. The van der Waals surface area contributed by atoms with E-state index in [1.54, 1.807) is 0 Å². The van der Waals surface area contributed by atoms with E-state index >= 15 is 0 Å². The first-order valence-electron chi connectivity index (χ1n) is 7.58. The molecular formula is C14H29FO4S. The van der Waals surface area contributed by atoms with Crippen LogP contribution in [0.4, 0.5) is 4.39 Å². The minimum atomic E-state index is -3.88. The Morgan fingerprint density at radius 1 is 1.00 bits per heavy atom. The molecule has 0 saturated heterocycles. The third-order valence-electron chi connectivity index (χ3n) is 3.21. The van der Waals surface area contributed by atoms with Crippen molar-refractivity contribution in [3.05, 3.63) is 0 Å². The normalized spacial score (nSPS) is 13.6. The topological polar surface area (TPSA) is 63.6 Å². The first kappa shape index (κ1) is 19.8. The van der Waals surface area contributed by atoms with Crippen molar-refractivity contribution < 1.29 is 22.1 Å². The fourth-order valence-electron chi connectivity index (χ4n) is 1.94. The van der Waals surface area contributed by atoms with E-state index in [1.165, 1.54) is 19.3 Å². The second-order valence-corrected chi connectivity index (χ2v) is 6.85. The Labute approximate surface area is 122 Å². The molecule has 0 aromatic carbocycles. The maximum absolute atomic E-state index is 11.8. The molecule has 0 aromatic heterocycles. The zero-order valence-electron chi connectivity index (χ0n) is 12.5. The zero-order chi connectivity index (χ0) is 15.3. The molecule has 0 saturated carbocycles. The third-order valence-corrected chi connectivity index (χ3v) is 3.96. The molecule has 0 aliphatic rings. The summed E-state index contributed by atoms with van der Waals surface area (Å²) in [6.07, 6.45) is 8.59. The van der Waals surface area contributed by atoms with Gasteiger partial charge in [0.2, 0.25) is 0 Å². The third kappa shape index (κ3) is 15.9. The van der Waals surface area contributed by atoms with Crippen molar-refractivity contribution in [2.45, 2.75) is 70.8 Å². The first-order chi connectivity index (χ1) is 9.45. The van der Waals surface area contributed by atoms with Crippen LogP contribution in [0.2, 0.25) is 0 Å². The molecule has 1 N–H and O–H groups in total. The smallest absolute Gasteiger partial charge is 0.264 e. The van der Waals surface area contributed by atoms with Gasteiger partial charge in [-0.2, -0.15) is 8.42 Å². The molecule has 0 heterocycles. The average Bonchev–Trinajstić information content (AvgIpc) is 2.38. The summed E-state index contributed by atoms with van der Waals surface area (Å²) in [6, 6.07) is 0. The summed E-state index contributed by atoms with van der Waals surface area (Å²) in [7, 11) is -3.88. The zero-order valence-corrected chi connectivity index (χ0v) is 13.3. The van der Waals surface area contributed by atoms with Crippen molar-refractivity contribution >= 4 is 10.1 Å². The summed E-state index contributed by atoms with van der Waals surface area (Å²) < 4.78 is 47.0. The molecule has 0 spiro atoms. The van der Waals surface area contributed by atoms with Crippen molar-refractivity contribution in [2.24, 2.45) is 0 Å². The fraction of sp³-hybridized carbons (Fsp3) is 1.00. The molecular weight excluding hydrogens is 283 g/mol. The number of ether oxygens (including phenoxy) is 1. The highest BCUT2D eigenvalue weighted by molar-refractivity contribution is 7.85. The van der Waals surface area contributed by atoms with Crippen LogP contribution in [0.5, 0.6) is 0 Å². The van der Waals surface area contributed by atoms with Crippen LogP contribution in [0.25, 0.3) is 0 Å². The van der Waals surface area contributed by atoms with Crippen LogP contribution in [0.15, 0.2) is 0 Å². The van der Waals surface area contributed by atoms with Gasteiger partial charge in [0.15, 0.2) is 0 Å². The molecule has 0 radical (unpaired) electrons. The van der Waals surface area contributed by atoms with E-state index in [-0.39, 0.29) is 18.5 Å². The van der Waals surface area contributed by atoms with Gasteiger partial charge >= 0.3 is 0 Å². The van der Waals surface area contributed by atoms with Crippen molar-refractivity contribution in [1.29, 1.82) is 0 Å². The SMILES string of the molecule is CC(CCS(=O)(=O)O)OCCCCCCCCCCF. The minimum absolute atomic E-state index is 0.141. The second kappa shape index (κ2) is 12.5. The minimum Gasteiger partial charge on any atom is -0.378 e. The van der Waals surface area contributed by atoms with E-state index in [9.17, 15) is 12.8 Å². The summed E-state index contributed by atoms with van der Waals surface area (Å²) in [4.78, 5) is 0. The Morgan fingerprint density at radius 3 is 2.00 bits per heavy atom. The number of rotatable bonds is 14. The van der Waals surface area contributed by atoms with Crippen LogP contribution >= 0.6 is 0 Å². The van der Waals surface area contributed by atoms with Gasteiger partial charge in [-0.1, -0.05) is 38.5 Å². The molecule has 0 aliphatic carbocycles.